The summed E-state index contributed by atoms with van der Waals surface area (Å²) < 4.78 is 13.8. The first-order chi connectivity index (χ1) is 20.3. The minimum Gasteiger partial charge on any atom is -0.505 e. The summed E-state index contributed by atoms with van der Waals surface area (Å²) in [7, 11) is 0. The van der Waals surface area contributed by atoms with E-state index in [-0.39, 0.29) is 23.6 Å². The Kier molecular flexibility index (Phi) is 8.56. The molecule has 9 nitrogen and oxygen atoms in total. The zero-order chi connectivity index (χ0) is 29.8. The Morgan fingerprint density at radius 3 is 2.57 bits per heavy atom. The Bertz CT molecular complexity index is 1640. The first-order valence-electron chi connectivity index (χ1n) is 14.4. The van der Waals surface area contributed by atoms with E-state index in [9.17, 15) is 14.7 Å². The van der Waals surface area contributed by atoms with Crippen molar-refractivity contribution in [3.05, 3.63) is 94.7 Å². The minimum absolute atomic E-state index is 0.0212. The van der Waals surface area contributed by atoms with Gasteiger partial charge in [0.25, 0.3) is 11.7 Å². The van der Waals surface area contributed by atoms with E-state index < -0.39 is 17.7 Å². The fourth-order valence-electron chi connectivity index (χ4n) is 5.37. The van der Waals surface area contributed by atoms with Crippen LogP contribution in [0.15, 0.2) is 66.6 Å². The number of rotatable bonds is 11. The van der Waals surface area contributed by atoms with Crippen molar-refractivity contribution in [2.45, 2.75) is 59.5 Å². The highest BCUT2D eigenvalue weighted by molar-refractivity contribution is 6.46. The number of unbranched alkanes of at least 4 members (excludes halogenated alkanes) is 2. The van der Waals surface area contributed by atoms with Crippen LogP contribution in [0.2, 0.25) is 0 Å². The van der Waals surface area contributed by atoms with Gasteiger partial charge in [0.1, 0.15) is 11.3 Å². The summed E-state index contributed by atoms with van der Waals surface area (Å²) in [6, 6.07) is 12.0. The molecule has 42 heavy (non-hydrogen) atoms. The molecular formula is C33H36N4O5. The smallest absolute Gasteiger partial charge is 0.295 e. The van der Waals surface area contributed by atoms with Crippen molar-refractivity contribution < 1.29 is 24.2 Å². The summed E-state index contributed by atoms with van der Waals surface area (Å²) in [5.41, 5.74) is 3.85. The van der Waals surface area contributed by atoms with E-state index in [1.165, 1.54) is 4.90 Å². The number of hydrogen-bond acceptors (Lipinski definition) is 7. The van der Waals surface area contributed by atoms with Gasteiger partial charge in [-0.1, -0.05) is 38.0 Å². The number of nitrogens with zero attached hydrogens (tertiary/aromatic N) is 4. The van der Waals surface area contributed by atoms with Gasteiger partial charge in [-0.2, -0.15) is 0 Å². The molecule has 0 aliphatic carbocycles. The maximum Gasteiger partial charge on any atom is 0.295 e. The number of fused-ring (bicyclic) bond motifs is 1. The highest BCUT2D eigenvalue weighted by Gasteiger charge is 2.47. The molecule has 9 heteroatoms. The van der Waals surface area contributed by atoms with Gasteiger partial charge < -0.3 is 23.9 Å². The standard InChI is InChI=1S/C33H36N4O5/c1-5-7-8-17-42-25-14-13-24(18-26(25)41-6-2)29-27(31(39)33(40)37(29)20-23-12-9-15-34-19-23)30(38)28-22(4)36-16-10-11-21(3)32(36)35-28/h9-16,18-19,29,38H,5-8,17,20H2,1-4H3. The third kappa shape index (κ3) is 5.46. The molecular weight excluding hydrogens is 532 g/mol. The van der Waals surface area contributed by atoms with Gasteiger partial charge in [0, 0.05) is 25.1 Å². The highest BCUT2D eigenvalue weighted by Crippen LogP contribution is 2.43. The predicted molar refractivity (Wildman–Crippen MR) is 159 cm³/mol. The highest BCUT2D eigenvalue weighted by atomic mass is 16.5. The molecule has 1 fully saturated rings. The Balaban J connectivity index is 1.65. The molecule has 4 heterocycles. The number of ketones is 1. The van der Waals surface area contributed by atoms with Crippen molar-refractivity contribution in [3.8, 4) is 11.5 Å². The van der Waals surface area contributed by atoms with Crippen LogP contribution in [-0.4, -0.2) is 49.3 Å². The van der Waals surface area contributed by atoms with Gasteiger partial charge in [-0.3, -0.25) is 14.6 Å². The van der Waals surface area contributed by atoms with Crippen LogP contribution < -0.4 is 9.47 Å². The van der Waals surface area contributed by atoms with Gasteiger partial charge in [0.05, 0.1) is 30.5 Å². The zero-order valence-corrected chi connectivity index (χ0v) is 24.5. The maximum absolute atomic E-state index is 13.7. The van der Waals surface area contributed by atoms with E-state index in [2.05, 4.69) is 16.9 Å². The lowest BCUT2D eigenvalue weighted by Gasteiger charge is -2.26. The second-order valence-corrected chi connectivity index (χ2v) is 10.4. The summed E-state index contributed by atoms with van der Waals surface area (Å²) in [5.74, 6) is -0.690. The van der Waals surface area contributed by atoms with Gasteiger partial charge in [0.15, 0.2) is 17.3 Å². The number of aliphatic hydroxyl groups excluding tert-OH is 1. The lowest BCUT2D eigenvalue weighted by Crippen LogP contribution is -2.29. The molecule has 0 radical (unpaired) electrons. The average molecular weight is 569 g/mol. The molecule has 1 aliphatic heterocycles. The van der Waals surface area contributed by atoms with Crippen LogP contribution in [0.5, 0.6) is 11.5 Å². The monoisotopic (exact) mass is 568 g/mol. The summed E-state index contributed by atoms with van der Waals surface area (Å²) in [6.45, 7) is 8.87. The van der Waals surface area contributed by atoms with E-state index in [4.69, 9.17) is 9.47 Å². The van der Waals surface area contributed by atoms with Crippen molar-refractivity contribution in [1.82, 2.24) is 19.3 Å². The van der Waals surface area contributed by atoms with Crippen molar-refractivity contribution in [2.75, 3.05) is 13.2 Å². The number of ether oxygens (including phenoxy) is 2. The number of Topliss-reactive ketones (excluding diaryl/α,β-unsaturated/α-hetero) is 1. The SMILES string of the molecule is CCCCCOc1ccc(C2C(=C(O)c3nc4c(C)cccn4c3C)C(=O)C(=O)N2Cc2cccnc2)cc1OCC. The van der Waals surface area contributed by atoms with Crippen LogP contribution >= 0.6 is 0 Å². The lowest BCUT2D eigenvalue weighted by molar-refractivity contribution is -0.140. The Labute approximate surface area is 245 Å². The number of amides is 1. The predicted octanol–water partition coefficient (Wildman–Crippen LogP) is 5.94. The molecule has 0 spiro atoms. The Hall–Kier alpha value is -4.66. The average Bonchev–Trinajstić information content (AvgIpc) is 3.46. The number of likely N-dealkylation sites (tertiary alicyclic amines) is 1. The van der Waals surface area contributed by atoms with E-state index in [0.717, 1.165) is 30.4 Å². The van der Waals surface area contributed by atoms with Crippen LogP contribution in [0, 0.1) is 13.8 Å². The first-order valence-corrected chi connectivity index (χ1v) is 14.4. The molecule has 4 aromatic rings. The second-order valence-electron chi connectivity index (χ2n) is 10.4. The van der Waals surface area contributed by atoms with Crippen molar-refractivity contribution in [2.24, 2.45) is 0 Å². The molecule has 0 saturated carbocycles. The van der Waals surface area contributed by atoms with E-state index >= 15 is 0 Å². The molecule has 1 saturated heterocycles. The number of aromatic nitrogens is 3. The van der Waals surface area contributed by atoms with Crippen LogP contribution in [0.4, 0.5) is 0 Å². The third-order valence-electron chi connectivity index (χ3n) is 7.51. The number of aryl methyl sites for hydroxylation is 2. The fraction of sp³-hybridized carbons (Fsp3) is 0.333. The van der Waals surface area contributed by atoms with E-state index in [1.54, 1.807) is 30.6 Å². The second kappa shape index (κ2) is 12.5. The van der Waals surface area contributed by atoms with Crippen molar-refractivity contribution >= 4 is 23.1 Å². The molecule has 218 valence electrons. The molecule has 1 N–H and O–H groups in total. The van der Waals surface area contributed by atoms with Crippen molar-refractivity contribution in [3.63, 3.8) is 0 Å². The summed E-state index contributed by atoms with van der Waals surface area (Å²) in [4.78, 5) is 37.5. The fourth-order valence-corrected chi connectivity index (χ4v) is 5.37. The van der Waals surface area contributed by atoms with Gasteiger partial charge in [-0.25, -0.2) is 4.98 Å². The van der Waals surface area contributed by atoms with Gasteiger partial charge in [-0.05, 0) is 68.1 Å². The van der Waals surface area contributed by atoms with E-state index in [1.807, 2.05) is 55.6 Å². The van der Waals surface area contributed by atoms with Gasteiger partial charge in [0.2, 0.25) is 0 Å². The molecule has 1 aromatic carbocycles. The zero-order valence-electron chi connectivity index (χ0n) is 24.5. The number of aliphatic hydroxyl groups is 1. The number of pyridine rings is 2. The summed E-state index contributed by atoms with van der Waals surface area (Å²) in [6.07, 6.45) is 8.23. The summed E-state index contributed by atoms with van der Waals surface area (Å²) in [5, 5.41) is 11.7. The van der Waals surface area contributed by atoms with E-state index in [0.29, 0.717) is 41.6 Å². The molecule has 1 aliphatic rings. The van der Waals surface area contributed by atoms with Crippen LogP contribution in [0.1, 0.15) is 67.2 Å². The molecule has 1 atom stereocenters. The van der Waals surface area contributed by atoms with Gasteiger partial charge in [-0.15, -0.1) is 0 Å². The number of hydrogen-bond donors (Lipinski definition) is 1. The van der Waals surface area contributed by atoms with Crippen LogP contribution in [0.25, 0.3) is 11.4 Å². The molecule has 0 bridgehead atoms. The quantitative estimate of drug-likeness (QED) is 0.103. The van der Waals surface area contributed by atoms with Crippen LogP contribution in [-0.2, 0) is 16.1 Å². The van der Waals surface area contributed by atoms with Crippen molar-refractivity contribution in [1.29, 1.82) is 0 Å². The Morgan fingerprint density at radius 1 is 1.02 bits per heavy atom. The minimum atomic E-state index is -0.885. The van der Waals surface area contributed by atoms with Gasteiger partial charge >= 0.3 is 0 Å². The number of imidazole rings is 1. The molecule has 1 unspecified atom stereocenters. The number of carbonyl (C=O) groups excluding carboxylic acids is 2. The summed E-state index contributed by atoms with van der Waals surface area (Å²) >= 11 is 0. The third-order valence-corrected chi connectivity index (χ3v) is 7.51. The number of carbonyl (C=O) groups is 2. The first kappa shape index (κ1) is 28.9. The Morgan fingerprint density at radius 2 is 1.86 bits per heavy atom. The molecule has 3 aromatic heterocycles. The van der Waals surface area contributed by atoms with Crippen LogP contribution in [0.3, 0.4) is 0 Å². The molecule has 5 rings (SSSR count). The lowest BCUT2D eigenvalue weighted by atomic mass is 9.95. The molecule has 1 amide bonds. The normalized spacial score (nSPS) is 16.4. The topological polar surface area (TPSA) is 106 Å². The number of benzene rings is 1. The maximum atomic E-state index is 13.7. The largest absolute Gasteiger partial charge is 0.505 e.